The maximum absolute atomic E-state index is 9.24. The van der Waals surface area contributed by atoms with E-state index < -0.39 is 0 Å². The second-order valence-electron chi connectivity index (χ2n) is 6.18. The molecular formula is C20H15NO3. The molecule has 2 heterocycles. The van der Waals surface area contributed by atoms with Gasteiger partial charge in [-0.25, -0.2) is 0 Å². The number of fused-ring (bicyclic) bond motifs is 4. The van der Waals surface area contributed by atoms with Gasteiger partial charge >= 0.3 is 0 Å². The first-order valence-corrected chi connectivity index (χ1v) is 8.08. The molecule has 0 aliphatic heterocycles. The van der Waals surface area contributed by atoms with E-state index in [0.717, 1.165) is 52.3 Å². The second kappa shape index (κ2) is 4.99. The minimum Gasteiger partial charge on any atom is -0.464 e. The van der Waals surface area contributed by atoms with Gasteiger partial charge in [-0.05, 0) is 41.6 Å². The van der Waals surface area contributed by atoms with Crippen LogP contribution in [0.25, 0.3) is 33.1 Å². The lowest BCUT2D eigenvalue weighted by Crippen LogP contribution is -2.09. The van der Waals surface area contributed by atoms with Crippen LogP contribution in [0.4, 0.5) is 0 Å². The van der Waals surface area contributed by atoms with Crippen LogP contribution in [0, 0.1) is 0 Å². The summed E-state index contributed by atoms with van der Waals surface area (Å²) in [6, 6.07) is 14.3. The summed E-state index contributed by atoms with van der Waals surface area (Å²) in [6.45, 7) is 0. The fraction of sp³-hybridized carbons (Fsp3) is 0.150. The molecule has 0 spiro atoms. The molecule has 4 nitrogen and oxygen atoms in total. The highest BCUT2D eigenvalue weighted by Gasteiger charge is 2.20. The standard InChI is InChI=1S/C20H15NO3/c22-21-20-14-8-4-7-13(14)15-9-16-17(12-5-2-1-3-6-12)11-23-18(16)10-19(15)24-20/h1-3,5-6,9-11,22H,4,7-8H2. The Kier molecular flexibility index (Phi) is 2.80. The van der Waals surface area contributed by atoms with Gasteiger partial charge < -0.3 is 14.0 Å². The highest BCUT2D eigenvalue weighted by molar-refractivity contribution is 6.02. The third-order valence-corrected chi connectivity index (χ3v) is 4.86. The van der Waals surface area contributed by atoms with E-state index in [2.05, 4.69) is 23.4 Å². The van der Waals surface area contributed by atoms with Crippen LogP contribution in [-0.4, -0.2) is 5.21 Å². The third kappa shape index (κ3) is 1.83. The summed E-state index contributed by atoms with van der Waals surface area (Å²) in [5.74, 6) is 0. The molecule has 0 unspecified atom stereocenters. The molecule has 4 aromatic rings. The van der Waals surface area contributed by atoms with E-state index in [0.29, 0.717) is 11.1 Å². The van der Waals surface area contributed by atoms with Gasteiger partial charge in [0.25, 0.3) is 5.55 Å². The number of aryl methyl sites for hydroxylation is 1. The predicted molar refractivity (Wildman–Crippen MR) is 90.8 cm³/mol. The van der Waals surface area contributed by atoms with Crippen LogP contribution in [0.5, 0.6) is 0 Å². The summed E-state index contributed by atoms with van der Waals surface area (Å²) in [5, 5.41) is 14.7. The van der Waals surface area contributed by atoms with Gasteiger partial charge in [-0.1, -0.05) is 30.3 Å². The van der Waals surface area contributed by atoms with Crippen molar-refractivity contribution in [3.05, 3.63) is 65.4 Å². The summed E-state index contributed by atoms with van der Waals surface area (Å²) < 4.78 is 11.6. The van der Waals surface area contributed by atoms with Crippen LogP contribution in [0.1, 0.15) is 17.5 Å². The van der Waals surface area contributed by atoms with E-state index in [4.69, 9.17) is 8.83 Å². The fourth-order valence-corrected chi connectivity index (χ4v) is 3.74. The summed E-state index contributed by atoms with van der Waals surface area (Å²) in [7, 11) is 0. The van der Waals surface area contributed by atoms with Crippen molar-refractivity contribution in [2.75, 3.05) is 0 Å². The number of hydrogen-bond acceptors (Lipinski definition) is 4. The molecule has 4 heteroatoms. The lowest BCUT2D eigenvalue weighted by molar-refractivity contribution is 0.275. The average molecular weight is 317 g/mol. The average Bonchev–Trinajstić information content (AvgIpc) is 3.27. The molecular weight excluding hydrogens is 302 g/mol. The number of furan rings is 1. The summed E-state index contributed by atoms with van der Waals surface area (Å²) >= 11 is 0. The fourth-order valence-electron chi connectivity index (χ4n) is 3.74. The topological polar surface area (TPSA) is 58.9 Å². The summed E-state index contributed by atoms with van der Waals surface area (Å²) in [4.78, 5) is 0. The molecule has 1 N–H and O–H groups in total. The summed E-state index contributed by atoms with van der Waals surface area (Å²) in [6.07, 6.45) is 4.72. The zero-order chi connectivity index (χ0) is 16.1. The maximum Gasteiger partial charge on any atom is 0.259 e. The van der Waals surface area contributed by atoms with Crippen molar-refractivity contribution in [1.82, 2.24) is 0 Å². The van der Waals surface area contributed by atoms with Gasteiger partial charge in [0.1, 0.15) is 11.2 Å². The second-order valence-corrected chi connectivity index (χ2v) is 6.18. The van der Waals surface area contributed by atoms with Crippen molar-refractivity contribution in [3.8, 4) is 11.1 Å². The highest BCUT2D eigenvalue weighted by Crippen LogP contribution is 2.36. The maximum atomic E-state index is 9.24. The highest BCUT2D eigenvalue weighted by atomic mass is 16.5. The third-order valence-electron chi connectivity index (χ3n) is 4.86. The lowest BCUT2D eigenvalue weighted by atomic mass is 10.0. The molecule has 2 aromatic carbocycles. The molecule has 0 amide bonds. The Morgan fingerprint density at radius 1 is 0.917 bits per heavy atom. The van der Waals surface area contributed by atoms with Crippen molar-refractivity contribution in [2.45, 2.75) is 19.3 Å². The molecule has 5 rings (SSSR count). The van der Waals surface area contributed by atoms with Crippen molar-refractivity contribution < 1.29 is 14.0 Å². The van der Waals surface area contributed by atoms with Gasteiger partial charge in [0.2, 0.25) is 0 Å². The Morgan fingerprint density at radius 3 is 2.58 bits per heavy atom. The van der Waals surface area contributed by atoms with E-state index in [-0.39, 0.29) is 0 Å². The molecule has 24 heavy (non-hydrogen) atoms. The Bertz CT molecular complexity index is 1140. The first kappa shape index (κ1) is 13.4. The van der Waals surface area contributed by atoms with Crippen LogP contribution in [0.15, 0.2) is 62.7 Å². The number of rotatable bonds is 1. The van der Waals surface area contributed by atoms with Crippen LogP contribution >= 0.6 is 0 Å². The van der Waals surface area contributed by atoms with Gasteiger partial charge in [-0.15, -0.1) is 0 Å². The first-order valence-electron chi connectivity index (χ1n) is 8.08. The molecule has 0 atom stereocenters. The quantitative estimate of drug-likeness (QED) is 0.411. The van der Waals surface area contributed by atoms with Crippen LogP contribution in [0.3, 0.4) is 0 Å². The molecule has 0 fully saturated rings. The minimum absolute atomic E-state index is 0.323. The summed E-state index contributed by atoms with van der Waals surface area (Å²) in [5.41, 5.74) is 6.25. The normalized spacial score (nSPS) is 14.6. The van der Waals surface area contributed by atoms with E-state index in [1.807, 2.05) is 24.3 Å². The Morgan fingerprint density at radius 2 is 1.75 bits per heavy atom. The molecule has 2 aromatic heterocycles. The van der Waals surface area contributed by atoms with E-state index in [9.17, 15) is 5.21 Å². The van der Waals surface area contributed by atoms with Crippen LogP contribution in [0.2, 0.25) is 0 Å². The smallest absolute Gasteiger partial charge is 0.259 e. The zero-order valence-corrected chi connectivity index (χ0v) is 13.0. The Balaban J connectivity index is 1.87. The monoisotopic (exact) mass is 317 g/mol. The van der Waals surface area contributed by atoms with Gasteiger partial charge in [-0.2, -0.15) is 0 Å². The van der Waals surface area contributed by atoms with Gasteiger partial charge in [0.05, 0.1) is 6.26 Å². The predicted octanol–water partition coefficient (Wildman–Crippen LogP) is 4.62. The number of benzene rings is 2. The zero-order valence-electron chi connectivity index (χ0n) is 13.0. The number of hydrogen-bond donors (Lipinski definition) is 1. The Hall–Kier alpha value is -3.01. The molecule has 0 bridgehead atoms. The van der Waals surface area contributed by atoms with E-state index in [1.54, 1.807) is 6.26 Å². The van der Waals surface area contributed by atoms with Crippen molar-refractivity contribution in [2.24, 2.45) is 5.16 Å². The largest absolute Gasteiger partial charge is 0.464 e. The number of nitrogens with zero attached hydrogens (tertiary/aromatic N) is 1. The molecule has 118 valence electrons. The van der Waals surface area contributed by atoms with Crippen LogP contribution in [-0.2, 0) is 12.8 Å². The SMILES string of the molecule is ON=c1oc2cc3occ(-c4ccccc4)c3cc2c2c1CCC2. The van der Waals surface area contributed by atoms with Crippen molar-refractivity contribution in [3.63, 3.8) is 0 Å². The van der Waals surface area contributed by atoms with Crippen molar-refractivity contribution >= 4 is 21.9 Å². The molecule has 0 radical (unpaired) electrons. The molecule has 0 saturated carbocycles. The van der Waals surface area contributed by atoms with Gasteiger partial charge in [-0.3, -0.25) is 0 Å². The Labute approximate surface area is 137 Å². The first-order chi connectivity index (χ1) is 11.8. The molecule has 1 aliphatic carbocycles. The van der Waals surface area contributed by atoms with E-state index in [1.165, 1.54) is 5.56 Å². The van der Waals surface area contributed by atoms with E-state index >= 15 is 0 Å². The minimum atomic E-state index is 0.323. The van der Waals surface area contributed by atoms with Crippen LogP contribution < -0.4 is 5.55 Å². The van der Waals surface area contributed by atoms with Crippen molar-refractivity contribution in [1.29, 1.82) is 0 Å². The van der Waals surface area contributed by atoms with Gasteiger partial charge in [0, 0.05) is 28.0 Å². The molecule has 0 saturated heterocycles. The van der Waals surface area contributed by atoms with Gasteiger partial charge in [0.15, 0.2) is 0 Å². The molecule has 1 aliphatic rings. The lowest BCUT2D eigenvalue weighted by Gasteiger charge is -2.06.